The molecule has 10 heteroatoms. The Balaban J connectivity index is 1.68. The molecule has 1 aliphatic rings. The third kappa shape index (κ3) is 4.71. The van der Waals surface area contributed by atoms with E-state index < -0.39 is 0 Å². The molecule has 0 radical (unpaired) electrons. The molecule has 0 aliphatic carbocycles. The summed E-state index contributed by atoms with van der Waals surface area (Å²) < 4.78 is 12.9. The van der Waals surface area contributed by atoms with Crippen LogP contribution in [-0.2, 0) is 18.2 Å². The quantitative estimate of drug-likeness (QED) is 0.515. The van der Waals surface area contributed by atoms with Gasteiger partial charge in [-0.25, -0.2) is 9.97 Å². The van der Waals surface area contributed by atoms with Gasteiger partial charge in [-0.05, 0) is 31.5 Å². The van der Waals surface area contributed by atoms with Gasteiger partial charge < -0.3 is 19.7 Å². The molecule has 1 fully saturated rings. The molecule has 3 heterocycles. The van der Waals surface area contributed by atoms with E-state index in [4.69, 9.17) is 26.1 Å². The van der Waals surface area contributed by atoms with E-state index in [2.05, 4.69) is 15.2 Å². The van der Waals surface area contributed by atoms with Gasteiger partial charge in [0.05, 0.1) is 30.0 Å². The van der Waals surface area contributed by atoms with Crippen LogP contribution in [0.25, 0.3) is 11.3 Å². The van der Waals surface area contributed by atoms with Gasteiger partial charge in [0.2, 0.25) is 0 Å². The molecule has 0 amide bonds. The van der Waals surface area contributed by atoms with Crippen LogP contribution in [0.3, 0.4) is 0 Å². The number of ether oxygens (including phenoxy) is 2. The first kappa shape index (κ1) is 23.5. The maximum atomic E-state index is 13.3. The first-order valence-electron chi connectivity index (χ1n) is 10.9. The minimum absolute atomic E-state index is 0.0121. The molecule has 3 aromatic rings. The second-order valence-electron chi connectivity index (χ2n) is 7.78. The number of hydrogen-bond acceptors (Lipinski definition) is 8. The van der Waals surface area contributed by atoms with Crippen LogP contribution in [0.4, 0.5) is 10.9 Å². The second kappa shape index (κ2) is 10.1. The fraction of sp³-hybridized carbons (Fsp3) is 0.435. The number of aromatic nitrogens is 3. The maximum Gasteiger partial charge on any atom is 0.278 e. The molecule has 1 unspecified atom stereocenters. The van der Waals surface area contributed by atoms with Gasteiger partial charge in [0.1, 0.15) is 17.3 Å². The van der Waals surface area contributed by atoms with Crippen molar-refractivity contribution in [2.24, 2.45) is 7.05 Å². The second-order valence-corrected chi connectivity index (χ2v) is 9.06. The van der Waals surface area contributed by atoms with Crippen molar-refractivity contribution in [3.8, 4) is 17.0 Å². The monoisotopic (exact) mass is 489 g/mol. The number of anilines is 2. The van der Waals surface area contributed by atoms with Crippen molar-refractivity contribution in [3.63, 3.8) is 0 Å². The smallest absolute Gasteiger partial charge is 0.278 e. The minimum atomic E-state index is -0.218. The molecule has 33 heavy (non-hydrogen) atoms. The zero-order valence-corrected chi connectivity index (χ0v) is 20.7. The van der Waals surface area contributed by atoms with Gasteiger partial charge in [-0.2, -0.15) is 0 Å². The largest absolute Gasteiger partial charge is 0.497 e. The number of thiazole rings is 1. The zero-order valence-electron chi connectivity index (χ0n) is 19.2. The lowest BCUT2D eigenvalue weighted by atomic mass is 10.1. The van der Waals surface area contributed by atoms with E-state index in [1.165, 1.54) is 0 Å². The fourth-order valence-corrected chi connectivity index (χ4v) is 5.03. The predicted molar refractivity (Wildman–Crippen MR) is 133 cm³/mol. The standard InChI is InChI=1S/C23H28ClN5O3S/c1-5-17-21(27-18-12-29(13-19(18)32-6-2)23-25-9-10-33-23)28(3)22(30)20(26-17)15-8-7-14(31-4)11-16(15)24/h7-11,18-19,27H,5-6,12-13H2,1-4H3/t18?,19-/m0/s1. The van der Waals surface area contributed by atoms with Crippen molar-refractivity contribution in [1.82, 2.24) is 14.5 Å². The van der Waals surface area contributed by atoms with E-state index in [0.717, 1.165) is 23.9 Å². The van der Waals surface area contributed by atoms with Crippen LogP contribution in [0.15, 0.2) is 34.6 Å². The Morgan fingerprint density at radius 1 is 1.30 bits per heavy atom. The van der Waals surface area contributed by atoms with E-state index in [9.17, 15) is 4.79 Å². The van der Waals surface area contributed by atoms with Crippen LogP contribution in [-0.4, -0.2) is 53.5 Å². The lowest BCUT2D eigenvalue weighted by Gasteiger charge is -2.24. The number of halogens is 1. The summed E-state index contributed by atoms with van der Waals surface area (Å²) in [5, 5.41) is 6.93. The number of aryl methyl sites for hydroxylation is 1. The highest BCUT2D eigenvalue weighted by Crippen LogP contribution is 2.31. The molecule has 2 aromatic heterocycles. The van der Waals surface area contributed by atoms with Crippen LogP contribution < -0.4 is 20.5 Å². The summed E-state index contributed by atoms with van der Waals surface area (Å²) in [4.78, 5) is 24.7. The van der Waals surface area contributed by atoms with E-state index in [1.807, 2.05) is 25.4 Å². The molecule has 176 valence electrons. The van der Waals surface area contributed by atoms with Crippen molar-refractivity contribution in [2.45, 2.75) is 32.4 Å². The van der Waals surface area contributed by atoms with Crippen molar-refractivity contribution >= 4 is 33.9 Å². The van der Waals surface area contributed by atoms with Crippen molar-refractivity contribution < 1.29 is 9.47 Å². The Kier molecular flexibility index (Phi) is 7.21. The van der Waals surface area contributed by atoms with Crippen LogP contribution >= 0.6 is 22.9 Å². The molecule has 8 nitrogen and oxygen atoms in total. The van der Waals surface area contributed by atoms with Gasteiger partial charge in [-0.1, -0.05) is 18.5 Å². The van der Waals surface area contributed by atoms with E-state index in [-0.39, 0.29) is 17.7 Å². The Morgan fingerprint density at radius 3 is 2.76 bits per heavy atom. The van der Waals surface area contributed by atoms with Crippen LogP contribution in [0.1, 0.15) is 19.5 Å². The molecule has 0 bridgehead atoms. The van der Waals surface area contributed by atoms with E-state index in [0.29, 0.717) is 40.9 Å². The van der Waals surface area contributed by atoms with Crippen molar-refractivity contribution in [3.05, 3.63) is 50.8 Å². The number of rotatable bonds is 8. The summed E-state index contributed by atoms with van der Waals surface area (Å²) in [6, 6.07) is 5.22. The summed E-state index contributed by atoms with van der Waals surface area (Å²) >= 11 is 8.06. The summed E-state index contributed by atoms with van der Waals surface area (Å²) in [5.74, 6) is 1.33. The summed E-state index contributed by atoms with van der Waals surface area (Å²) in [5.41, 5.74) is 1.48. The summed E-state index contributed by atoms with van der Waals surface area (Å²) in [7, 11) is 3.34. The first-order chi connectivity index (χ1) is 16.0. The molecule has 1 aliphatic heterocycles. The van der Waals surface area contributed by atoms with Gasteiger partial charge in [-0.3, -0.25) is 9.36 Å². The van der Waals surface area contributed by atoms with Gasteiger partial charge >= 0.3 is 0 Å². The first-order valence-corrected chi connectivity index (χ1v) is 12.2. The van der Waals surface area contributed by atoms with E-state index >= 15 is 0 Å². The molecule has 0 saturated carbocycles. The molecule has 1 aromatic carbocycles. The molecular weight excluding hydrogens is 462 g/mol. The Labute approximate surface area is 202 Å². The lowest BCUT2D eigenvalue weighted by molar-refractivity contribution is 0.0719. The number of hydrogen-bond donors (Lipinski definition) is 1. The molecule has 2 atom stereocenters. The van der Waals surface area contributed by atoms with Crippen LogP contribution in [0.2, 0.25) is 5.02 Å². The maximum absolute atomic E-state index is 13.3. The molecular formula is C23H28ClN5O3S. The number of nitrogens with zero attached hydrogens (tertiary/aromatic N) is 4. The zero-order chi connectivity index (χ0) is 23.5. The van der Waals surface area contributed by atoms with Crippen LogP contribution in [0, 0.1) is 0 Å². The third-order valence-corrected chi connectivity index (χ3v) is 6.93. The van der Waals surface area contributed by atoms with Gasteiger partial charge in [0, 0.05) is 43.9 Å². The molecule has 1 saturated heterocycles. The minimum Gasteiger partial charge on any atom is -0.497 e. The highest BCUT2D eigenvalue weighted by atomic mass is 35.5. The highest BCUT2D eigenvalue weighted by molar-refractivity contribution is 7.13. The topological polar surface area (TPSA) is 81.5 Å². The Hall–Kier alpha value is -2.62. The third-order valence-electron chi connectivity index (χ3n) is 5.79. The number of nitrogens with one attached hydrogen (secondary N) is 1. The Bertz CT molecular complexity index is 1170. The van der Waals surface area contributed by atoms with Gasteiger partial charge in [-0.15, -0.1) is 11.3 Å². The molecule has 0 spiro atoms. The highest BCUT2D eigenvalue weighted by Gasteiger charge is 2.35. The Morgan fingerprint density at radius 2 is 2.12 bits per heavy atom. The van der Waals surface area contributed by atoms with Gasteiger partial charge in [0.15, 0.2) is 5.13 Å². The fourth-order valence-electron chi connectivity index (χ4n) is 4.11. The SMILES string of the molecule is CCO[C@H]1CN(c2nccs2)CC1Nc1c(CC)nc(-c2ccc(OC)cc2Cl)c(=O)n1C. The normalized spacial score (nSPS) is 18.0. The predicted octanol–water partition coefficient (Wildman–Crippen LogP) is 3.83. The van der Waals surface area contributed by atoms with Gasteiger partial charge in [0.25, 0.3) is 5.56 Å². The summed E-state index contributed by atoms with van der Waals surface area (Å²) in [6.45, 7) is 6.09. The molecule has 4 rings (SSSR count). The average molecular weight is 490 g/mol. The number of methoxy groups -OCH3 is 1. The van der Waals surface area contributed by atoms with E-state index in [1.54, 1.807) is 48.3 Å². The average Bonchev–Trinajstić information content (AvgIpc) is 3.48. The summed E-state index contributed by atoms with van der Waals surface area (Å²) in [6.07, 6.45) is 2.43. The van der Waals surface area contributed by atoms with Crippen molar-refractivity contribution in [1.29, 1.82) is 0 Å². The van der Waals surface area contributed by atoms with Crippen molar-refractivity contribution in [2.75, 3.05) is 37.0 Å². The van der Waals surface area contributed by atoms with Crippen LogP contribution in [0.5, 0.6) is 5.75 Å². The lowest BCUT2D eigenvalue weighted by Crippen LogP contribution is -2.37. The number of benzene rings is 1. The molecule has 1 N–H and O–H groups in total.